The summed E-state index contributed by atoms with van der Waals surface area (Å²) in [4.78, 5) is 11.9. The highest BCUT2D eigenvalue weighted by molar-refractivity contribution is 7.90. The second-order valence-electron chi connectivity index (χ2n) is 4.59. The fourth-order valence-corrected chi connectivity index (χ4v) is 2.47. The summed E-state index contributed by atoms with van der Waals surface area (Å²) < 4.78 is 28.2. The van der Waals surface area contributed by atoms with Crippen LogP contribution in [0.25, 0.3) is 0 Å². The van der Waals surface area contributed by atoms with Crippen LogP contribution in [-0.4, -0.2) is 27.2 Å². The minimum absolute atomic E-state index is 0.143. The predicted octanol–water partition coefficient (Wildman–Crippen LogP) is 2.76. The Morgan fingerprint density at radius 2 is 1.86 bits per heavy atom. The number of hydrogen-bond acceptors (Lipinski definition) is 4. The van der Waals surface area contributed by atoms with Gasteiger partial charge in [0.2, 0.25) is 0 Å². The summed E-state index contributed by atoms with van der Waals surface area (Å²) in [5, 5.41) is 3.16. The Kier molecular flexibility index (Phi) is 5.05. The molecule has 7 heteroatoms. The number of benzene rings is 2. The monoisotopic (exact) mass is 339 g/mol. The molecule has 2 aromatic rings. The number of amides is 1. The summed E-state index contributed by atoms with van der Waals surface area (Å²) in [7, 11) is -3.32. The van der Waals surface area contributed by atoms with E-state index in [1.807, 2.05) is 0 Å². The number of ether oxygens (including phenoxy) is 1. The molecule has 0 saturated heterocycles. The molecule has 0 saturated carbocycles. The van der Waals surface area contributed by atoms with E-state index in [9.17, 15) is 13.2 Å². The Morgan fingerprint density at radius 1 is 1.18 bits per heavy atom. The van der Waals surface area contributed by atoms with E-state index in [1.54, 1.807) is 36.4 Å². The quantitative estimate of drug-likeness (QED) is 0.909. The van der Waals surface area contributed by atoms with Crippen molar-refractivity contribution in [3.05, 3.63) is 53.6 Å². The van der Waals surface area contributed by atoms with Crippen LogP contribution in [0, 0.1) is 0 Å². The van der Waals surface area contributed by atoms with Crippen molar-refractivity contribution in [2.75, 3.05) is 18.2 Å². The zero-order valence-electron chi connectivity index (χ0n) is 11.7. The van der Waals surface area contributed by atoms with Crippen molar-refractivity contribution in [1.29, 1.82) is 0 Å². The molecule has 0 unspecified atom stereocenters. The van der Waals surface area contributed by atoms with Crippen LogP contribution in [0.1, 0.15) is 0 Å². The van der Waals surface area contributed by atoms with Gasteiger partial charge in [-0.2, -0.15) is 0 Å². The van der Waals surface area contributed by atoms with E-state index >= 15 is 0 Å². The van der Waals surface area contributed by atoms with Gasteiger partial charge in [0.25, 0.3) is 5.91 Å². The molecule has 22 heavy (non-hydrogen) atoms. The molecule has 2 aromatic carbocycles. The van der Waals surface area contributed by atoms with Crippen molar-refractivity contribution in [3.8, 4) is 5.75 Å². The topological polar surface area (TPSA) is 72.5 Å². The van der Waals surface area contributed by atoms with E-state index in [1.165, 1.54) is 12.1 Å². The molecule has 0 aliphatic heterocycles. The summed E-state index contributed by atoms with van der Waals surface area (Å²) in [5.74, 6) is 0.130. The van der Waals surface area contributed by atoms with Crippen molar-refractivity contribution in [2.24, 2.45) is 0 Å². The van der Waals surface area contributed by atoms with Gasteiger partial charge in [-0.15, -0.1) is 0 Å². The highest BCUT2D eigenvalue weighted by Gasteiger charge is 2.09. The van der Waals surface area contributed by atoms with E-state index in [0.29, 0.717) is 16.5 Å². The lowest BCUT2D eigenvalue weighted by Gasteiger charge is -2.08. The zero-order chi connectivity index (χ0) is 16.2. The van der Waals surface area contributed by atoms with Gasteiger partial charge in [0, 0.05) is 17.0 Å². The van der Waals surface area contributed by atoms with Gasteiger partial charge in [0.15, 0.2) is 16.4 Å². The van der Waals surface area contributed by atoms with Crippen LogP contribution in [-0.2, 0) is 14.6 Å². The molecule has 0 aliphatic carbocycles. The summed E-state index contributed by atoms with van der Waals surface area (Å²) in [6, 6.07) is 12.7. The molecule has 1 N–H and O–H groups in total. The molecule has 2 rings (SSSR count). The Morgan fingerprint density at radius 3 is 2.50 bits per heavy atom. The Labute approximate surface area is 133 Å². The minimum atomic E-state index is -3.32. The van der Waals surface area contributed by atoms with E-state index < -0.39 is 9.84 Å². The lowest BCUT2D eigenvalue weighted by Crippen LogP contribution is -2.20. The zero-order valence-corrected chi connectivity index (χ0v) is 13.3. The number of nitrogens with one attached hydrogen (secondary N) is 1. The van der Waals surface area contributed by atoms with Crippen molar-refractivity contribution >= 4 is 33.0 Å². The Bertz CT molecular complexity index is 772. The maximum atomic E-state index is 11.8. The first-order valence-electron chi connectivity index (χ1n) is 6.33. The van der Waals surface area contributed by atoms with Crippen LogP contribution in [0.15, 0.2) is 53.4 Å². The van der Waals surface area contributed by atoms with Gasteiger partial charge in [-0.3, -0.25) is 4.79 Å². The third-order valence-corrected chi connectivity index (χ3v) is 4.09. The number of sulfone groups is 1. The molecule has 0 fully saturated rings. The Balaban J connectivity index is 1.96. The van der Waals surface area contributed by atoms with Gasteiger partial charge in [-0.05, 0) is 42.5 Å². The second kappa shape index (κ2) is 6.81. The highest BCUT2D eigenvalue weighted by atomic mass is 35.5. The van der Waals surface area contributed by atoms with E-state index in [-0.39, 0.29) is 17.4 Å². The van der Waals surface area contributed by atoms with Crippen LogP contribution < -0.4 is 10.1 Å². The average Bonchev–Trinajstić information content (AvgIpc) is 2.46. The van der Waals surface area contributed by atoms with E-state index in [0.717, 1.165) is 6.26 Å². The van der Waals surface area contributed by atoms with Crippen molar-refractivity contribution in [1.82, 2.24) is 0 Å². The van der Waals surface area contributed by atoms with Crippen molar-refractivity contribution < 1.29 is 17.9 Å². The average molecular weight is 340 g/mol. The molecule has 0 bridgehead atoms. The van der Waals surface area contributed by atoms with Crippen LogP contribution in [0.2, 0.25) is 5.02 Å². The van der Waals surface area contributed by atoms with Crippen LogP contribution in [0.5, 0.6) is 5.75 Å². The molecule has 0 atom stereocenters. The molecular formula is C15H14ClNO4S. The highest BCUT2D eigenvalue weighted by Crippen LogP contribution is 2.17. The Hall–Kier alpha value is -2.05. The number of carbonyl (C=O) groups excluding carboxylic acids is 1. The SMILES string of the molecule is CS(=O)(=O)c1cccc(NC(=O)COc2ccc(Cl)cc2)c1. The maximum Gasteiger partial charge on any atom is 0.262 e. The molecule has 5 nitrogen and oxygen atoms in total. The van der Waals surface area contributed by atoms with Gasteiger partial charge in [-0.1, -0.05) is 17.7 Å². The fourth-order valence-electron chi connectivity index (χ4n) is 1.68. The standard InChI is InChI=1S/C15H14ClNO4S/c1-22(19,20)14-4-2-3-12(9-14)17-15(18)10-21-13-7-5-11(16)6-8-13/h2-9H,10H2,1H3,(H,17,18). The van der Waals surface area contributed by atoms with Crippen molar-refractivity contribution in [2.45, 2.75) is 4.90 Å². The van der Waals surface area contributed by atoms with Crippen LogP contribution in [0.4, 0.5) is 5.69 Å². The number of halogens is 1. The van der Waals surface area contributed by atoms with Crippen molar-refractivity contribution in [3.63, 3.8) is 0 Å². The smallest absolute Gasteiger partial charge is 0.262 e. The van der Waals surface area contributed by atoms with Gasteiger partial charge in [0.05, 0.1) is 4.90 Å². The van der Waals surface area contributed by atoms with E-state index in [2.05, 4.69) is 5.32 Å². The number of rotatable bonds is 5. The lowest BCUT2D eigenvalue weighted by molar-refractivity contribution is -0.118. The maximum absolute atomic E-state index is 11.8. The summed E-state index contributed by atoms with van der Waals surface area (Å²) in [6.45, 7) is -0.190. The molecule has 116 valence electrons. The third-order valence-electron chi connectivity index (χ3n) is 2.73. The van der Waals surface area contributed by atoms with Crippen LogP contribution in [0.3, 0.4) is 0 Å². The molecule has 1 amide bonds. The van der Waals surface area contributed by atoms with Gasteiger partial charge in [-0.25, -0.2) is 8.42 Å². The first-order chi connectivity index (χ1) is 10.3. The van der Waals surface area contributed by atoms with Gasteiger partial charge >= 0.3 is 0 Å². The van der Waals surface area contributed by atoms with Crippen LogP contribution >= 0.6 is 11.6 Å². The molecule has 0 spiro atoms. The molecule has 0 aromatic heterocycles. The first-order valence-corrected chi connectivity index (χ1v) is 8.60. The fraction of sp³-hybridized carbons (Fsp3) is 0.133. The lowest BCUT2D eigenvalue weighted by atomic mass is 10.3. The van der Waals surface area contributed by atoms with E-state index in [4.69, 9.17) is 16.3 Å². The number of anilines is 1. The van der Waals surface area contributed by atoms with Gasteiger partial charge < -0.3 is 10.1 Å². The third kappa shape index (κ3) is 4.75. The normalized spacial score (nSPS) is 11.0. The number of hydrogen-bond donors (Lipinski definition) is 1. The predicted molar refractivity (Wildman–Crippen MR) is 85.1 cm³/mol. The largest absolute Gasteiger partial charge is 0.484 e. The molecule has 0 aliphatic rings. The first kappa shape index (κ1) is 16.3. The minimum Gasteiger partial charge on any atom is -0.484 e. The second-order valence-corrected chi connectivity index (χ2v) is 7.04. The summed E-state index contributed by atoms with van der Waals surface area (Å²) in [6.07, 6.45) is 1.11. The molecular weight excluding hydrogens is 326 g/mol. The number of carbonyl (C=O) groups is 1. The summed E-state index contributed by atoms with van der Waals surface area (Å²) >= 11 is 5.75. The molecule has 0 heterocycles. The summed E-state index contributed by atoms with van der Waals surface area (Å²) in [5.41, 5.74) is 0.396. The van der Waals surface area contributed by atoms with Gasteiger partial charge in [0.1, 0.15) is 5.75 Å². The molecule has 0 radical (unpaired) electrons.